The van der Waals surface area contributed by atoms with Gasteiger partial charge in [0, 0.05) is 12.8 Å². The number of aliphatic hydroxyl groups is 3. The van der Waals surface area contributed by atoms with E-state index in [9.17, 15) is 20.1 Å². The highest BCUT2D eigenvalue weighted by molar-refractivity contribution is 5.69. The van der Waals surface area contributed by atoms with Crippen LogP contribution in [0.5, 0.6) is 0 Å². The predicted octanol–water partition coefficient (Wildman–Crippen LogP) is 4.49. The molecule has 3 saturated carbocycles. The van der Waals surface area contributed by atoms with Crippen LogP contribution in [0.4, 0.5) is 0 Å². The molecule has 0 radical (unpaired) electrons. The molecular weight excluding hydrogens is 468 g/mol. The van der Waals surface area contributed by atoms with Gasteiger partial charge in [0.15, 0.2) is 0 Å². The van der Waals surface area contributed by atoms with Crippen molar-refractivity contribution < 1.29 is 29.6 Å². The maximum Gasteiger partial charge on any atom is 0.307 e. The number of fused-ring (bicyclic) bond motifs is 1. The summed E-state index contributed by atoms with van der Waals surface area (Å²) in [5.74, 6) is 7.39. The number of hydrogen-bond acceptors (Lipinski definition) is 6. The maximum absolute atomic E-state index is 11.3. The molecule has 0 bridgehead atoms. The van der Waals surface area contributed by atoms with Crippen molar-refractivity contribution in [3.8, 4) is 11.8 Å². The van der Waals surface area contributed by atoms with E-state index in [-0.39, 0.29) is 18.4 Å². The number of allylic oxidation sites excluding steroid dienone is 3. The van der Waals surface area contributed by atoms with Gasteiger partial charge in [-0.1, -0.05) is 44.1 Å². The number of ether oxygens (including phenoxy) is 2. The number of carbonyl (C=O) groups excluding carboxylic acids is 1. The third kappa shape index (κ3) is 7.15. The summed E-state index contributed by atoms with van der Waals surface area (Å²) in [6, 6.07) is 0. The molecule has 37 heavy (non-hydrogen) atoms. The lowest BCUT2D eigenvalue weighted by Gasteiger charge is -2.44. The average Bonchev–Trinajstić information content (AvgIpc) is 3.19. The Morgan fingerprint density at radius 2 is 2.03 bits per heavy atom. The van der Waals surface area contributed by atoms with Crippen LogP contribution in [0.2, 0.25) is 0 Å². The smallest absolute Gasteiger partial charge is 0.307 e. The van der Waals surface area contributed by atoms with Crippen LogP contribution in [0.3, 0.4) is 0 Å². The molecule has 0 aliphatic heterocycles. The Morgan fingerprint density at radius 3 is 2.70 bits per heavy atom. The third-order valence-corrected chi connectivity index (χ3v) is 8.77. The number of aliphatic hydroxyl groups excluding tert-OH is 2. The molecule has 0 amide bonds. The van der Waals surface area contributed by atoms with Crippen molar-refractivity contribution in [1.82, 2.24) is 0 Å². The minimum atomic E-state index is -1.02. The fourth-order valence-corrected chi connectivity index (χ4v) is 6.82. The summed E-state index contributed by atoms with van der Waals surface area (Å²) in [6.07, 6.45) is 8.56. The first-order valence-corrected chi connectivity index (χ1v) is 13.7. The highest BCUT2D eigenvalue weighted by Crippen LogP contribution is 2.59. The largest absolute Gasteiger partial charge is 0.469 e. The van der Waals surface area contributed by atoms with Crippen LogP contribution >= 0.6 is 0 Å². The van der Waals surface area contributed by atoms with Crippen molar-refractivity contribution in [3.63, 3.8) is 0 Å². The summed E-state index contributed by atoms with van der Waals surface area (Å²) in [4.78, 5) is 11.3. The summed E-state index contributed by atoms with van der Waals surface area (Å²) in [7, 11) is 1.32. The molecular formula is C31H46O6. The molecule has 3 N–H and O–H groups in total. The van der Waals surface area contributed by atoms with Crippen LogP contribution in [0.25, 0.3) is 0 Å². The molecule has 0 aromatic rings. The molecule has 3 aliphatic carbocycles. The Bertz CT molecular complexity index is 960. The van der Waals surface area contributed by atoms with Crippen molar-refractivity contribution in [2.75, 3.05) is 13.7 Å². The third-order valence-electron chi connectivity index (χ3n) is 8.77. The summed E-state index contributed by atoms with van der Waals surface area (Å²) < 4.78 is 10.2. The van der Waals surface area contributed by atoms with Gasteiger partial charge in [-0.25, -0.2) is 0 Å². The lowest BCUT2D eigenvalue weighted by atomic mass is 9.61. The molecule has 7 atom stereocenters. The van der Waals surface area contributed by atoms with Gasteiger partial charge in [0.1, 0.15) is 17.8 Å². The van der Waals surface area contributed by atoms with E-state index in [1.807, 2.05) is 6.08 Å². The van der Waals surface area contributed by atoms with Crippen LogP contribution in [0.1, 0.15) is 79.1 Å². The molecule has 3 rings (SSSR count). The molecule has 0 aromatic heterocycles. The number of rotatable bonds is 7. The van der Waals surface area contributed by atoms with E-state index in [0.717, 1.165) is 24.8 Å². The predicted molar refractivity (Wildman–Crippen MR) is 144 cm³/mol. The monoisotopic (exact) mass is 514 g/mol. The molecule has 0 spiro atoms. The zero-order chi connectivity index (χ0) is 27.4. The Hall–Kier alpha value is -1.91. The quantitative estimate of drug-likeness (QED) is 0.342. The van der Waals surface area contributed by atoms with Gasteiger partial charge in [-0.05, 0) is 80.3 Å². The van der Waals surface area contributed by atoms with Gasteiger partial charge in [-0.15, -0.1) is 5.92 Å². The summed E-state index contributed by atoms with van der Waals surface area (Å²) >= 11 is 0. The van der Waals surface area contributed by atoms with Gasteiger partial charge in [0.05, 0.1) is 26.2 Å². The van der Waals surface area contributed by atoms with Gasteiger partial charge in [-0.2, -0.15) is 0 Å². The van der Waals surface area contributed by atoms with Crippen molar-refractivity contribution in [2.24, 2.45) is 23.2 Å². The Labute approximate surface area is 222 Å². The molecule has 0 heterocycles. The number of carbonyl (C=O) groups is 1. The normalized spacial score (nSPS) is 35.1. The molecule has 0 saturated heterocycles. The Balaban J connectivity index is 1.68. The van der Waals surface area contributed by atoms with Crippen molar-refractivity contribution in [3.05, 3.63) is 35.5 Å². The van der Waals surface area contributed by atoms with Crippen LogP contribution in [-0.2, 0) is 14.3 Å². The van der Waals surface area contributed by atoms with E-state index in [1.54, 1.807) is 13.8 Å². The molecule has 206 valence electrons. The second-order valence-electron chi connectivity index (χ2n) is 12.0. The summed E-state index contributed by atoms with van der Waals surface area (Å²) in [5.41, 5.74) is 2.14. The fourth-order valence-electron chi connectivity index (χ4n) is 6.82. The molecule has 6 nitrogen and oxygen atoms in total. The zero-order valence-corrected chi connectivity index (χ0v) is 23.3. The van der Waals surface area contributed by atoms with Gasteiger partial charge in [0.2, 0.25) is 0 Å². The SMILES string of the molecule is C=C1C(=CC=C2CCC[C@@]3(C)C2CC[C@@H]3[C@H](C)CC#CC(C)(C)O)C[C@@H](O)[C@H](OCCC(=O)OC)[C@@H]1O. The first-order chi connectivity index (χ1) is 17.4. The van der Waals surface area contributed by atoms with Crippen LogP contribution in [0.15, 0.2) is 35.5 Å². The second-order valence-corrected chi connectivity index (χ2v) is 12.0. The van der Waals surface area contributed by atoms with E-state index < -0.39 is 29.9 Å². The maximum atomic E-state index is 11.3. The van der Waals surface area contributed by atoms with Crippen LogP contribution < -0.4 is 0 Å². The van der Waals surface area contributed by atoms with Gasteiger partial charge in [-0.3, -0.25) is 4.79 Å². The van der Waals surface area contributed by atoms with E-state index in [2.05, 4.69) is 43.1 Å². The molecule has 3 aliphatic rings. The van der Waals surface area contributed by atoms with E-state index in [4.69, 9.17) is 4.74 Å². The lowest BCUT2D eigenvalue weighted by molar-refractivity contribution is -0.145. The van der Waals surface area contributed by atoms with Crippen LogP contribution in [-0.4, -0.2) is 58.9 Å². The second kappa shape index (κ2) is 12.3. The zero-order valence-electron chi connectivity index (χ0n) is 23.3. The van der Waals surface area contributed by atoms with E-state index in [1.165, 1.54) is 31.9 Å². The van der Waals surface area contributed by atoms with Crippen molar-refractivity contribution in [1.29, 1.82) is 0 Å². The summed E-state index contributed by atoms with van der Waals surface area (Å²) in [5, 5.41) is 31.3. The van der Waals surface area contributed by atoms with Crippen molar-refractivity contribution >= 4 is 5.97 Å². The summed E-state index contributed by atoms with van der Waals surface area (Å²) in [6.45, 7) is 12.4. The Morgan fingerprint density at radius 1 is 1.30 bits per heavy atom. The molecule has 1 unspecified atom stereocenters. The first-order valence-electron chi connectivity index (χ1n) is 13.7. The fraction of sp³-hybridized carbons (Fsp3) is 0.710. The molecule has 6 heteroatoms. The van der Waals surface area contributed by atoms with E-state index >= 15 is 0 Å². The van der Waals surface area contributed by atoms with Gasteiger partial charge in [0.25, 0.3) is 0 Å². The average molecular weight is 515 g/mol. The molecule has 0 aromatic carbocycles. The topological polar surface area (TPSA) is 96.2 Å². The highest BCUT2D eigenvalue weighted by atomic mass is 16.5. The molecule has 3 fully saturated rings. The lowest BCUT2D eigenvalue weighted by Crippen LogP contribution is -2.45. The Kier molecular flexibility index (Phi) is 9.85. The van der Waals surface area contributed by atoms with E-state index in [0.29, 0.717) is 29.7 Å². The van der Waals surface area contributed by atoms with Gasteiger partial charge < -0.3 is 24.8 Å². The minimum absolute atomic E-state index is 0.0689. The van der Waals surface area contributed by atoms with Crippen LogP contribution in [0, 0.1) is 35.0 Å². The standard InChI is InChI=1S/C31H46O6/c1-20(9-7-16-30(3,4)35)24-13-14-25-22(10-8-17-31(24,25)5)11-12-23-19-26(32)29(28(34)21(23)2)37-18-15-27(33)36-6/h11-12,20,24-26,28-29,32,34-35H,2,8-10,13-15,17-19H2,1,3-6H3/t20-,24-,25?,26-,28-,29+,31-/m1/s1. The highest BCUT2D eigenvalue weighted by Gasteiger charge is 2.50. The number of hydrogen-bond donors (Lipinski definition) is 3. The van der Waals surface area contributed by atoms with Gasteiger partial charge >= 0.3 is 5.97 Å². The van der Waals surface area contributed by atoms with Crippen molar-refractivity contribution in [2.45, 2.75) is 103 Å². The number of esters is 1. The minimum Gasteiger partial charge on any atom is -0.469 e. The number of methoxy groups -OCH3 is 1. The first kappa shape index (κ1) is 29.6.